The Bertz CT molecular complexity index is 721. The van der Waals surface area contributed by atoms with Gasteiger partial charge in [-0.2, -0.15) is 0 Å². The second-order valence-electron chi connectivity index (χ2n) is 4.38. The van der Waals surface area contributed by atoms with Gasteiger partial charge in [-0.3, -0.25) is 14.9 Å². The molecule has 0 saturated heterocycles. The minimum absolute atomic E-state index is 0.0509. The average molecular weight is 413 g/mol. The van der Waals surface area contributed by atoms with E-state index in [-0.39, 0.29) is 18.0 Å². The highest BCUT2D eigenvalue weighted by Crippen LogP contribution is 2.25. The normalized spacial score (nSPS) is 10.1. The molecule has 114 valence electrons. The zero-order chi connectivity index (χ0) is 16.1. The monoisotopic (exact) mass is 413 g/mol. The number of carbonyl (C=O) groups is 1. The molecule has 0 radical (unpaired) electrons. The van der Waals surface area contributed by atoms with Crippen LogP contribution in [-0.2, 0) is 4.79 Å². The molecule has 2 rings (SSSR count). The molecule has 0 bridgehead atoms. The summed E-state index contributed by atoms with van der Waals surface area (Å²) in [6.07, 6.45) is 1.63. The molecule has 0 aliphatic carbocycles. The number of ether oxygens (including phenoxy) is 1. The molecule has 1 amide bonds. The van der Waals surface area contributed by atoms with Crippen LogP contribution in [0.1, 0.15) is 5.56 Å². The smallest absolute Gasteiger partial charge is 0.310 e. The molecular formula is C14H12IN3O4. The third-order valence-corrected chi connectivity index (χ3v) is 3.31. The first-order valence-corrected chi connectivity index (χ1v) is 7.33. The number of halogens is 1. The van der Waals surface area contributed by atoms with Gasteiger partial charge in [0.1, 0.15) is 5.82 Å². The Morgan fingerprint density at radius 3 is 2.86 bits per heavy atom. The number of nitro groups is 1. The molecule has 0 fully saturated rings. The third kappa shape index (κ3) is 4.13. The molecule has 0 aliphatic rings. The van der Waals surface area contributed by atoms with Crippen molar-refractivity contribution in [3.8, 4) is 5.75 Å². The molecule has 7 nitrogen and oxygen atoms in total. The molecule has 22 heavy (non-hydrogen) atoms. The van der Waals surface area contributed by atoms with Crippen LogP contribution < -0.4 is 10.1 Å². The molecule has 1 aromatic carbocycles. The van der Waals surface area contributed by atoms with Crippen LogP contribution in [-0.4, -0.2) is 22.4 Å². The van der Waals surface area contributed by atoms with Crippen LogP contribution in [0.15, 0.2) is 36.5 Å². The summed E-state index contributed by atoms with van der Waals surface area (Å²) in [4.78, 5) is 26.3. The number of rotatable bonds is 5. The maximum absolute atomic E-state index is 11.9. The largest absolute Gasteiger partial charge is 0.477 e. The second-order valence-corrected chi connectivity index (χ2v) is 5.63. The Morgan fingerprint density at radius 2 is 2.18 bits per heavy atom. The number of para-hydroxylation sites is 2. The summed E-state index contributed by atoms with van der Waals surface area (Å²) in [6.45, 7) is 1.49. The number of anilines is 1. The van der Waals surface area contributed by atoms with Gasteiger partial charge in [0.2, 0.25) is 0 Å². The van der Waals surface area contributed by atoms with Crippen LogP contribution in [0.4, 0.5) is 11.5 Å². The van der Waals surface area contributed by atoms with Gasteiger partial charge in [0.15, 0.2) is 12.4 Å². The van der Waals surface area contributed by atoms with E-state index in [2.05, 4.69) is 32.9 Å². The van der Waals surface area contributed by atoms with Crippen molar-refractivity contribution < 1.29 is 14.5 Å². The van der Waals surface area contributed by atoms with Gasteiger partial charge in [-0.1, -0.05) is 12.1 Å². The standard InChI is InChI=1S/C14H12IN3O4/c1-9-6-10(15)7-16-14(9)17-13(19)8-22-12-5-3-2-4-11(12)18(20)21/h2-7H,8H2,1H3,(H,16,17,19). The van der Waals surface area contributed by atoms with Crippen molar-refractivity contribution in [2.45, 2.75) is 6.92 Å². The molecule has 1 heterocycles. The molecular weight excluding hydrogens is 401 g/mol. The number of nitrogens with zero attached hydrogens (tertiary/aromatic N) is 2. The number of benzene rings is 1. The number of nitrogens with one attached hydrogen (secondary N) is 1. The van der Waals surface area contributed by atoms with Gasteiger partial charge >= 0.3 is 5.69 Å². The van der Waals surface area contributed by atoms with Crippen molar-refractivity contribution in [3.05, 3.63) is 55.8 Å². The Morgan fingerprint density at radius 1 is 1.45 bits per heavy atom. The molecule has 8 heteroatoms. The van der Waals surface area contributed by atoms with E-state index in [1.807, 2.05) is 13.0 Å². The lowest BCUT2D eigenvalue weighted by Gasteiger charge is -2.09. The van der Waals surface area contributed by atoms with Gasteiger partial charge in [0.25, 0.3) is 5.91 Å². The van der Waals surface area contributed by atoms with E-state index in [1.165, 1.54) is 18.2 Å². The SMILES string of the molecule is Cc1cc(I)cnc1NC(=O)COc1ccccc1[N+](=O)[O-]. The fourth-order valence-corrected chi connectivity index (χ4v) is 2.32. The molecule has 1 N–H and O–H groups in total. The summed E-state index contributed by atoms with van der Waals surface area (Å²) < 4.78 is 6.18. The average Bonchev–Trinajstić information content (AvgIpc) is 2.48. The predicted molar refractivity (Wildman–Crippen MR) is 88.9 cm³/mol. The molecule has 0 unspecified atom stereocenters. The van der Waals surface area contributed by atoms with Gasteiger partial charge < -0.3 is 10.1 Å². The van der Waals surface area contributed by atoms with Crippen molar-refractivity contribution in [3.63, 3.8) is 0 Å². The van der Waals surface area contributed by atoms with Gasteiger partial charge in [-0.15, -0.1) is 0 Å². The predicted octanol–water partition coefficient (Wildman–Crippen LogP) is 2.92. The molecule has 0 spiro atoms. The van der Waals surface area contributed by atoms with E-state index in [0.717, 1.165) is 9.13 Å². The van der Waals surface area contributed by atoms with Crippen LogP contribution in [0, 0.1) is 20.6 Å². The highest BCUT2D eigenvalue weighted by molar-refractivity contribution is 14.1. The third-order valence-electron chi connectivity index (χ3n) is 2.72. The first-order valence-electron chi connectivity index (χ1n) is 6.25. The number of carbonyl (C=O) groups excluding carboxylic acids is 1. The maximum Gasteiger partial charge on any atom is 0.310 e. The van der Waals surface area contributed by atoms with Crippen LogP contribution >= 0.6 is 22.6 Å². The number of hydrogen-bond acceptors (Lipinski definition) is 5. The van der Waals surface area contributed by atoms with E-state index in [9.17, 15) is 14.9 Å². The minimum atomic E-state index is -0.557. The topological polar surface area (TPSA) is 94.4 Å². The zero-order valence-electron chi connectivity index (χ0n) is 11.6. The first-order chi connectivity index (χ1) is 10.5. The zero-order valence-corrected chi connectivity index (χ0v) is 13.7. The van der Waals surface area contributed by atoms with E-state index in [4.69, 9.17) is 4.74 Å². The van der Waals surface area contributed by atoms with Crippen molar-refractivity contribution in [2.24, 2.45) is 0 Å². The maximum atomic E-state index is 11.9. The van der Waals surface area contributed by atoms with Gasteiger partial charge in [-0.25, -0.2) is 4.98 Å². The Labute approximate surface area is 140 Å². The molecule has 2 aromatic rings. The lowest BCUT2D eigenvalue weighted by atomic mass is 10.3. The van der Waals surface area contributed by atoms with Gasteiger partial charge in [-0.05, 0) is 47.2 Å². The first kappa shape index (κ1) is 16.1. The highest BCUT2D eigenvalue weighted by atomic mass is 127. The molecule has 0 aliphatic heterocycles. The summed E-state index contributed by atoms with van der Waals surface area (Å²) in [6, 6.07) is 7.78. The van der Waals surface area contributed by atoms with E-state index < -0.39 is 10.8 Å². The van der Waals surface area contributed by atoms with E-state index >= 15 is 0 Å². The number of aryl methyl sites for hydroxylation is 1. The molecule has 0 saturated carbocycles. The number of aromatic nitrogens is 1. The fraction of sp³-hybridized carbons (Fsp3) is 0.143. The Balaban J connectivity index is 2.00. The van der Waals surface area contributed by atoms with Gasteiger partial charge in [0.05, 0.1) is 4.92 Å². The quantitative estimate of drug-likeness (QED) is 0.462. The van der Waals surface area contributed by atoms with E-state index in [0.29, 0.717) is 5.82 Å². The van der Waals surface area contributed by atoms with E-state index in [1.54, 1.807) is 12.3 Å². The fourth-order valence-electron chi connectivity index (χ4n) is 1.71. The lowest BCUT2D eigenvalue weighted by molar-refractivity contribution is -0.385. The van der Waals surface area contributed by atoms with Gasteiger partial charge in [0, 0.05) is 15.8 Å². The van der Waals surface area contributed by atoms with Crippen molar-refractivity contribution in [2.75, 3.05) is 11.9 Å². The van der Waals surface area contributed by atoms with Crippen LogP contribution in [0.5, 0.6) is 5.75 Å². The molecule has 1 aromatic heterocycles. The highest BCUT2D eigenvalue weighted by Gasteiger charge is 2.15. The Kier molecular flexibility index (Phi) is 5.26. The minimum Gasteiger partial charge on any atom is -0.477 e. The van der Waals surface area contributed by atoms with Crippen molar-refractivity contribution in [1.29, 1.82) is 0 Å². The molecule has 0 atom stereocenters. The summed E-state index contributed by atoms with van der Waals surface area (Å²) in [5.74, 6) is 0.0569. The van der Waals surface area contributed by atoms with Crippen molar-refractivity contribution >= 4 is 40.0 Å². The van der Waals surface area contributed by atoms with Crippen LogP contribution in [0.25, 0.3) is 0 Å². The summed E-state index contributed by atoms with van der Waals surface area (Å²) in [7, 11) is 0. The lowest BCUT2D eigenvalue weighted by Crippen LogP contribution is -2.21. The summed E-state index contributed by atoms with van der Waals surface area (Å²) in [5.41, 5.74) is 0.643. The van der Waals surface area contributed by atoms with Crippen LogP contribution in [0.3, 0.4) is 0 Å². The Hall–Kier alpha value is -2.23. The summed E-state index contributed by atoms with van der Waals surface area (Å²) >= 11 is 2.13. The second kappa shape index (κ2) is 7.16. The summed E-state index contributed by atoms with van der Waals surface area (Å²) in [5, 5.41) is 13.5. The number of pyridine rings is 1. The number of nitro benzene ring substituents is 1. The van der Waals surface area contributed by atoms with Crippen LogP contribution in [0.2, 0.25) is 0 Å². The number of amides is 1. The van der Waals surface area contributed by atoms with Crippen molar-refractivity contribution in [1.82, 2.24) is 4.98 Å². The number of hydrogen-bond donors (Lipinski definition) is 1.